The maximum Gasteiger partial charge on any atom is 0.123 e. The summed E-state index contributed by atoms with van der Waals surface area (Å²) in [6, 6.07) is 8.69. The molecule has 3 heteroatoms. The second kappa shape index (κ2) is 3.02. The van der Waals surface area contributed by atoms with Crippen molar-refractivity contribution in [2.24, 2.45) is 0 Å². The topological polar surface area (TPSA) is 33.6 Å². The Morgan fingerprint density at radius 1 is 1.12 bits per heavy atom. The molecular formula is C13H13N3. The van der Waals surface area contributed by atoms with Gasteiger partial charge < -0.3 is 9.13 Å². The Morgan fingerprint density at radius 2 is 1.88 bits per heavy atom. The fraction of sp³-hybridized carbons (Fsp3) is 0.308. The Bertz CT molecular complexity index is 608. The number of nitrogens with zero attached hydrogens (tertiary/aromatic N) is 3. The third-order valence-corrected chi connectivity index (χ3v) is 3.40. The molecule has 3 rings (SSSR count). The third-order valence-electron chi connectivity index (χ3n) is 3.40. The standard InChI is InChI=1S/C13H13N3/c1-9-7-12-11-4-3-10(2)15(11)5-6-16(12)13(9)8-14/h3-4,7H,5-6H2,1-2H3. The fourth-order valence-electron chi connectivity index (χ4n) is 2.57. The largest absolute Gasteiger partial charge is 0.342 e. The molecule has 0 bridgehead atoms. The van der Waals surface area contributed by atoms with Crippen LogP contribution in [0.2, 0.25) is 0 Å². The summed E-state index contributed by atoms with van der Waals surface area (Å²) in [5.74, 6) is 0. The van der Waals surface area contributed by atoms with Gasteiger partial charge >= 0.3 is 0 Å². The van der Waals surface area contributed by atoms with E-state index in [1.165, 1.54) is 17.1 Å². The molecule has 0 radical (unpaired) electrons. The lowest BCUT2D eigenvalue weighted by Gasteiger charge is -2.20. The van der Waals surface area contributed by atoms with Gasteiger partial charge in [0.2, 0.25) is 0 Å². The van der Waals surface area contributed by atoms with Crippen molar-refractivity contribution < 1.29 is 0 Å². The van der Waals surface area contributed by atoms with E-state index in [0.29, 0.717) is 0 Å². The van der Waals surface area contributed by atoms with Gasteiger partial charge in [-0.1, -0.05) is 0 Å². The normalized spacial score (nSPS) is 13.1. The van der Waals surface area contributed by atoms with Gasteiger partial charge in [-0.25, -0.2) is 0 Å². The quantitative estimate of drug-likeness (QED) is 0.659. The zero-order valence-electron chi connectivity index (χ0n) is 9.49. The summed E-state index contributed by atoms with van der Waals surface area (Å²) >= 11 is 0. The van der Waals surface area contributed by atoms with Gasteiger partial charge in [-0.15, -0.1) is 0 Å². The van der Waals surface area contributed by atoms with Gasteiger partial charge in [0.15, 0.2) is 0 Å². The molecule has 3 nitrogen and oxygen atoms in total. The zero-order valence-corrected chi connectivity index (χ0v) is 9.49. The van der Waals surface area contributed by atoms with Crippen molar-refractivity contribution in [1.82, 2.24) is 9.13 Å². The summed E-state index contributed by atoms with van der Waals surface area (Å²) in [4.78, 5) is 0. The molecule has 2 aromatic heterocycles. The van der Waals surface area contributed by atoms with Gasteiger partial charge in [-0.05, 0) is 37.6 Å². The summed E-state index contributed by atoms with van der Waals surface area (Å²) in [6.07, 6.45) is 0. The van der Waals surface area contributed by atoms with Crippen LogP contribution in [0.25, 0.3) is 11.4 Å². The van der Waals surface area contributed by atoms with Crippen LogP contribution in [-0.4, -0.2) is 9.13 Å². The number of fused-ring (bicyclic) bond motifs is 3. The second-order valence-corrected chi connectivity index (χ2v) is 4.34. The lowest BCUT2D eigenvalue weighted by atomic mass is 10.2. The smallest absolute Gasteiger partial charge is 0.123 e. The minimum Gasteiger partial charge on any atom is -0.342 e. The first kappa shape index (κ1) is 9.29. The van der Waals surface area contributed by atoms with Crippen molar-refractivity contribution >= 4 is 0 Å². The number of hydrogen-bond donors (Lipinski definition) is 0. The summed E-state index contributed by atoms with van der Waals surface area (Å²) in [5.41, 5.74) is 5.57. The van der Waals surface area contributed by atoms with E-state index in [0.717, 1.165) is 24.3 Å². The fourth-order valence-corrected chi connectivity index (χ4v) is 2.57. The van der Waals surface area contributed by atoms with Gasteiger partial charge in [0, 0.05) is 18.8 Å². The van der Waals surface area contributed by atoms with E-state index in [-0.39, 0.29) is 0 Å². The summed E-state index contributed by atoms with van der Waals surface area (Å²) < 4.78 is 4.44. The predicted octanol–water partition coefficient (Wildman–Crippen LogP) is 2.46. The van der Waals surface area contributed by atoms with E-state index in [2.05, 4.69) is 40.3 Å². The molecule has 16 heavy (non-hydrogen) atoms. The minimum atomic E-state index is 0.806. The molecule has 2 aromatic rings. The molecule has 0 amide bonds. The molecule has 1 aliphatic rings. The molecule has 0 aliphatic carbocycles. The van der Waals surface area contributed by atoms with E-state index in [1.807, 2.05) is 6.92 Å². The highest BCUT2D eigenvalue weighted by atomic mass is 15.1. The molecule has 3 heterocycles. The van der Waals surface area contributed by atoms with Crippen molar-refractivity contribution in [1.29, 1.82) is 5.26 Å². The SMILES string of the molecule is Cc1cc2n(c1C#N)CCn1c(C)ccc1-2. The molecule has 0 N–H and O–H groups in total. The number of aromatic nitrogens is 2. The lowest BCUT2D eigenvalue weighted by Crippen LogP contribution is -2.17. The number of aryl methyl sites for hydroxylation is 2. The van der Waals surface area contributed by atoms with Crippen LogP contribution in [0.4, 0.5) is 0 Å². The number of nitriles is 1. The molecular weight excluding hydrogens is 198 g/mol. The molecule has 80 valence electrons. The van der Waals surface area contributed by atoms with Gasteiger partial charge in [0.25, 0.3) is 0 Å². The molecule has 0 aromatic carbocycles. The Hall–Kier alpha value is -1.95. The average Bonchev–Trinajstić information content (AvgIpc) is 2.78. The molecule has 0 saturated heterocycles. The Balaban J connectivity index is 2.31. The molecule has 0 saturated carbocycles. The first-order valence-electron chi connectivity index (χ1n) is 5.49. The Kier molecular flexibility index (Phi) is 1.75. The molecule has 0 atom stereocenters. The van der Waals surface area contributed by atoms with Crippen LogP contribution >= 0.6 is 0 Å². The number of rotatable bonds is 0. The van der Waals surface area contributed by atoms with Crippen molar-refractivity contribution in [3.63, 3.8) is 0 Å². The highest BCUT2D eigenvalue weighted by Crippen LogP contribution is 2.30. The monoisotopic (exact) mass is 211 g/mol. The Morgan fingerprint density at radius 3 is 2.62 bits per heavy atom. The van der Waals surface area contributed by atoms with Crippen molar-refractivity contribution in [2.75, 3.05) is 0 Å². The Labute approximate surface area is 94.5 Å². The summed E-state index contributed by atoms with van der Waals surface area (Å²) in [7, 11) is 0. The van der Waals surface area contributed by atoms with Crippen LogP contribution in [-0.2, 0) is 13.1 Å². The first-order chi connectivity index (χ1) is 7.72. The van der Waals surface area contributed by atoms with Crippen LogP contribution in [0, 0.1) is 25.2 Å². The summed E-state index contributed by atoms with van der Waals surface area (Å²) in [6.45, 7) is 5.99. The van der Waals surface area contributed by atoms with E-state index < -0.39 is 0 Å². The van der Waals surface area contributed by atoms with Gasteiger partial charge in [-0.3, -0.25) is 0 Å². The van der Waals surface area contributed by atoms with E-state index in [9.17, 15) is 0 Å². The van der Waals surface area contributed by atoms with Crippen LogP contribution < -0.4 is 0 Å². The maximum atomic E-state index is 9.14. The van der Waals surface area contributed by atoms with Crippen molar-refractivity contribution in [3.05, 3.63) is 35.2 Å². The predicted molar refractivity (Wildman–Crippen MR) is 62.0 cm³/mol. The lowest BCUT2D eigenvalue weighted by molar-refractivity contribution is 0.548. The first-order valence-corrected chi connectivity index (χ1v) is 5.49. The van der Waals surface area contributed by atoms with Crippen LogP contribution in [0.15, 0.2) is 18.2 Å². The third kappa shape index (κ3) is 1.02. The number of hydrogen-bond acceptors (Lipinski definition) is 1. The molecule has 1 aliphatic heterocycles. The van der Waals surface area contributed by atoms with Crippen LogP contribution in [0.5, 0.6) is 0 Å². The minimum absolute atomic E-state index is 0.806. The molecule has 0 unspecified atom stereocenters. The average molecular weight is 211 g/mol. The van der Waals surface area contributed by atoms with Gasteiger partial charge in [0.1, 0.15) is 11.8 Å². The van der Waals surface area contributed by atoms with Gasteiger partial charge in [0.05, 0.1) is 11.4 Å². The van der Waals surface area contributed by atoms with Crippen molar-refractivity contribution in [2.45, 2.75) is 26.9 Å². The second-order valence-electron chi connectivity index (χ2n) is 4.34. The maximum absolute atomic E-state index is 9.14. The molecule has 0 spiro atoms. The highest BCUT2D eigenvalue weighted by Gasteiger charge is 2.20. The highest BCUT2D eigenvalue weighted by molar-refractivity contribution is 5.62. The van der Waals surface area contributed by atoms with E-state index in [4.69, 9.17) is 5.26 Å². The van der Waals surface area contributed by atoms with E-state index >= 15 is 0 Å². The van der Waals surface area contributed by atoms with E-state index in [1.54, 1.807) is 0 Å². The van der Waals surface area contributed by atoms with Crippen LogP contribution in [0.3, 0.4) is 0 Å². The van der Waals surface area contributed by atoms with Crippen LogP contribution in [0.1, 0.15) is 17.0 Å². The molecule has 0 fully saturated rings. The van der Waals surface area contributed by atoms with Crippen molar-refractivity contribution in [3.8, 4) is 17.5 Å². The summed E-state index contributed by atoms with van der Waals surface area (Å²) in [5, 5.41) is 9.14. The zero-order chi connectivity index (χ0) is 11.3. The van der Waals surface area contributed by atoms with Gasteiger partial charge in [-0.2, -0.15) is 5.26 Å².